The lowest BCUT2D eigenvalue weighted by Gasteiger charge is -2.35. The Bertz CT molecular complexity index is 598. The van der Waals surface area contributed by atoms with E-state index in [1.165, 1.54) is 4.90 Å². The smallest absolute Gasteiger partial charge is 0.262 e. The molecule has 0 spiro atoms. The average molecular weight is 290 g/mol. The van der Waals surface area contributed by atoms with Crippen molar-refractivity contribution < 1.29 is 9.59 Å². The minimum atomic E-state index is -0.929. The highest BCUT2D eigenvalue weighted by Gasteiger charge is 2.48. The van der Waals surface area contributed by atoms with Crippen LogP contribution in [0, 0.1) is 13.8 Å². The maximum absolute atomic E-state index is 12.7. The van der Waals surface area contributed by atoms with E-state index in [0.717, 1.165) is 11.1 Å². The molecule has 4 nitrogen and oxygen atoms in total. The standard InChI is InChI=1S/C15H18N2O2S/c1-5-15(4,14(16)20)17-12(18)10-8(2)6-7-9(3)11(10)13(17)19/h6-7H,5H2,1-4H3,(H2,16,20). The summed E-state index contributed by atoms with van der Waals surface area (Å²) in [5.74, 6) is -0.605. The van der Waals surface area contributed by atoms with Gasteiger partial charge in [-0.3, -0.25) is 14.5 Å². The lowest BCUT2D eigenvalue weighted by Crippen LogP contribution is -2.56. The summed E-state index contributed by atoms with van der Waals surface area (Å²) >= 11 is 5.08. The minimum absolute atomic E-state index is 0.157. The fraction of sp³-hybridized carbons (Fsp3) is 0.400. The van der Waals surface area contributed by atoms with E-state index < -0.39 is 5.54 Å². The number of rotatable bonds is 3. The lowest BCUT2D eigenvalue weighted by atomic mass is 9.96. The highest BCUT2D eigenvalue weighted by molar-refractivity contribution is 7.80. The third-order valence-corrected chi connectivity index (χ3v) is 4.61. The van der Waals surface area contributed by atoms with Gasteiger partial charge in [0, 0.05) is 0 Å². The van der Waals surface area contributed by atoms with Gasteiger partial charge in [0.05, 0.1) is 21.7 Å². The Hall–Kier alpha value is -1.75. The highest BCUT2D eigenvalue weighted by Crippen LogP contribution is 2.34. The number of benzene rings is 1. The normalized spacial score (nSPS) is 17.1. The molecular formula is C15H18N2O2S. The van der Waals surface area contributed by atoms with Crippen LogP contribution in [0.3, 0.4) is 0 Å². The van der Waals surface area contributed by atoms with Crippen LogP contribution in [0.1, 0.15) is 52.1 Å². The Morgan fingerprint density at radius 2 is 1.60 bits per heavy atom. The van der Waals surface area contributed by atoms with Gasteiger partial charge in [-0.05, 0) is 38.3 Å². The number of amides is 2. The van der Waals surface area contributed by atoms with Crippen molar-refractivity contribution in [2.45, 2.75) is 39.7 Å². The largest absolute Gasteiger partial charge is 0.391 e. The van der Waals surface area contributed by atoms with Gasteiger partial charge in [0.25, 0.3) is 11.8 Å². The summed E-state index contributed by atoms with van der Waals surface area (Å²) in [7, 11) is 0. The molecule has 2 amide bonds. The summed E-state index contributed by atoms with van der Waals surface area (Å²) in [5, 5.41) is 0. The first-order valence-corrected chi connectivity index (χ1v) is 6.95. The first kappa shape index (κ1) is 14.7. The second-order valence-electron chi connectivity index (χ2n) is 5.39. The van der Waals surface area contributed by atoms with Gasteiger partial charge in [0.15, 0.2) is 0 Å². The molecule has 1 aliphatic heterocycles. The van der Waals surface area contributed by atoms with Crippen LogP contribution in [0.25, 0.3) is 0 Å². The van der Waals surface area contributed by atoms with Crippen LogP contribution in [0.15, 0.2) is 12.1 Å². The number of carbonyl (C=O) groups excluding carboxylic acids is 2. The van der Waals surface area contributed by atoms with E-state index in [0.29, 0.717) is 17.5 Å². The van der Waals surface area contributed by atoms with Crippen molar-refractivity contribution in [3.8, 4) is 0 Å². The molecule has 1 heterocycles. The van der Waals surface area contributed by atoms with Crippen LogP contribution in [0.4, 0.5) is 0 Å². The Morgan fingerprint density at radius 3 is 1.90 bits per heavy atom. The van der Waals surface area contributed by atoms with Crippen LogP contribution in [0.2, 0.25) is 0 Å². The topological polar surface area (TPSA) is 63.4 Å². The zero-order chi connectivity index (χ0) is 15.2. The zero-order valence-electron chi connectivity index (χ0n) is 12.1. The molecule has 0 radical (unpaired) electrons. The molecule has 2 N–H and O–H groups in total. The predicted molar refractivity (Wildman–Crippen MR) is 81.9 cm³/mol. The van der Waals surface area contributed by atoms with Gasteiger partial charge in [-0.2, -0.15) is 0 Å². The van der Waals surface area contributed by atoms with Gasteiger partial charge in [0.1, 0.15) is 0 Å². The van der Waals surface area contributed by atoms with E-state index in [4.69, 9.17) is 18.0 Å². The quantitative estimate of drug-likeness (QED) is 0.685. The number of thiocarbonyl (C=S) groups is 1. The van der Waals surface area contributed by atoms with Crippen LogP contribution >= 0.6 is 12.2 Å². The average Bonchev–Trinajstić information content (AvgIpc) is 2.66. The predicted octanol–water partition coefficient (Wildman–Crippen LogP) is 2.35. The molecule has 106 valence electrons. The van der Waals surface area contributed by atoms with Gasteiger partial charge < -0.3 is 5.73 Å². The Labute approximate surface area is 123 Å². The SMILES string of the molecule is CCC(C)(C(N)=S)N1C(=O)c2c(C)ccc(C)c2C1=O. The molecule has 0 saturated heterocycles. The van der Waals surface area contributed by atoms with E-state index in [1.807, 2.05) is 32.9 Å². The van der Waals surface area contributed by atoms with Crippen molar-refractivity contribution in [2.75, 3.05) is 0 Å². The summed E-state index contributed by atoms with van der Waals surface area (Å²) < 4.78 is 0. The molecule has 2 rings (SSSR count). The molecule has 5 heteroatoms. The van der Waals surface area contributed by atoms with Crippen molar-refractivity contribution in [2.24, 2.45) is 5.73 Å². The van der Waals surface area contributed by atoms with Crippen molar-refractivity contribution in [1.82, 2.24) is 4.90 Å². The molecule has 20 heavy (non-hydrogen) atoms. The van der Waals surface area contributed by atoms with Crippen molar-refractivity contribution in [1.29, 1.82) is 0 Å². The molecule has 1 atom stereocenters. The second kappa shape index (κ2) is 4.66. The van der Waals surface area contributed by atoms with Gasteiger partial charge in [0.2, 0.25) is 0 Å². The molecule has 0 saturated carbocycles. The zero-order valence-corrected chi connectivity index (χ0v) is 12.9. The maximum Gasteiger partial charge on any atom is 0.262 e. The number of nitrogens with zero attached hydrogens (tertiary/aromatic N) is 1. The van der Waals surface area contributed by atoms with Crippen LogP contribution < -0.4 is 5.73 Å². The van der Waals surface area contributed by atoms with Gasteiger partial charge in [-0.25, -0.2) is 0 Å². The fourth-order valence-electron chi connectivity index (χ4n) is 2.57. The molecular weight excluding hydrogens is 272 g/mol. The summed E-state index contributed by atoms with van der Waals surface area (Å²) in [6.07, 6.45) is 0.492. The fourth-order valence-corrected chi connectivity index (χ4v) is 2.80. The third-order valence-electron chi connectivity index (χ3n) is 4.17. The van der Waals surface area contributed by atoms with Crippen LogP contribution in [0.5, 0.6) is 0 Å². The summed E-state index contributed by atoms with van der Waals surface area (Å²) in [6, 6.07) is 3.71. The molecule has 1 aliphatic rings. The number of carbonyl (C=O) groups is 2. The van der Waals surface area contributed by atoms with E-state index in [-0.39, 0.29) is 16.8 Å². The number of hydrogen-bond acceptors (Lipinski definition) is 3. The van der Waals surface area contributed by atoms with Gasteiger partial charge >= 0.3 is 0 Å². The summed E-state index contributed by atoms with van der Waals surface area (Å²) in [5.41, 5.74) is 7.41. The maximum atomic E-state index is 12.7. The van der Waals surface area contributed by atoms with Crippen molar-refractivity contribution in [3.05, 3.63) is 34.4 Å². The summed E-state index contributed by atoms with van der Waals surface area (Å²) in [6.45, 7) is 7.26. The number of aryl methyl sites for hydroxylation is 2. The molecule has 0 aliphatic carbocycles. The van der Waals surface area contributed by atoms with E-state index in [2.05, 4.69) is 0 Å². The molecule has 1 aromatic carbocycles. The highest BCUT2D eigenvalue weighted by atomic mass is 32.1. The van der Waals surface area contributed by atoms with Gasteiger partial charge in [-0.15, -0.1) is 0 Å². The van der Waals surface area contributed by atoms with Gasteiger partial charge in [-0.1, -0.05) is 31.3 Å². The summed E-state index contributed by atoms with van der Waals surface area (Å²) in [4.78, 5) is 26.7. The van der Waals surface area contributed by atoms with E-state index >= 15 is 0 Å². The molecule has 1 aromatic rings. The second-order valence-corrected chi connectivity index (χ2v) is 5.83. The molecule has 0 bridgehead atoms. The van der Waals surface area contributed by atoms with Crippen molar-refractivity contribution in [3.63, 3.8) is 0 Å². The number of nitrogens with two attached hydrogens (primary N) is 1. The molecule has 0 aromatic heterocycles. The monoisotopic (exact) mass is 290 g/mol. The Balaban J connectivity index is 2.67. The Morgan fingerprint density at radius 1 is 1.20 bits per heavy atom. The Kier molecular flexibility index (Phi) is 3.42. The van der Waals surface area contributed by atoms with E-state index in [9.17, 15) is 9.59 Å². The number of hydrogen-bond donors (Lipinski definition) is 1. The number of imide groups is 1. The lowest BCUT2D eigenvalue weighted by molar-refractivity contribution is 0.0539. The molecule has 0 fully saturated rings. The first-order chi connectivity index (χ1) is 9.25. The third kappa shape index (κ3) is 1.77. The van der Waals surface area contributed by atoms with Crippen LogP contribution in [-0.2, 0) is 0 Å². The number of fused-ring (bicyclic) bond motifs is 1. The first-order valence-electron chi connectivity index (χ1n) is 6.54. The molecule has 1 unspecified atom stereocenters. The van der Waals surface area contributed by atoms with E-state index in [1.54, 1.807) is 6.92 Å². The minimum Gasteiger partial charge on any atom is -0.391 e. The van der Waals surface area contributed by atoms with Crippen LogP contribution in [-0.4, -0.2) is 27.2 Å². The van der Waals surface area contributed by atoms with Crippen molar-refractivity contribution >= 4 is 29.0 Å².